The Morgan fingerprint density at radius 1 is 0.667 bits per heavy atom. The molecule has 2 atom stereocenters. The fraction of sp³-hybridized carbons (Fsp3) is 0.562. The molecule has 0 aromatic heterocycles. The predicted octanol–water partition coefficient (Wildman–Crippen LogP) is 8.19. The molecule has 36 heavy (non-hydrogen) atoms. The van der Waals surface area contributed by atoms with E-state index < -0.39 is 0 Å². The van der Waals surface area contributed by atoms with Crippen LogP contribution in [-0.4, -0.2) is 34.7 Å². The molecule has 1 fully saturated rings. The van der Waals surface area contributed by atoms with E-state index in [4.69, 9.17) is 9.98 Å². The van der Waals surface area contributed by atoms with Crippen LogP contribution in [0.2, 0.25) is 0 Å². The number of phenols is 2. The van der Waals surface area contributed by atoms with Gasteiger partial charge in [0.1, 0.15) is 11.5 Å². The lowest BCUT2D eigenvalue weighted by Crippen LogP contribution is -2.27. The molecule has 2 aromatic rings. The van der Waals surface area contributed by atoms with Crippen LogP contribution < -0.4 is 0 Å². The Balaban J connectivity index is 1.65. The second kappa shape index (κ2) is 15.5. The Morgan fingerprint density at radius 3 is 1.53 bits per heavy atom. The molecule has 2 aromatic carbocycles. The topological polar surface area (TPSA) is 65.2 Å². The molecule has 3 rings (SSSR count). The molecule has 2 N–H and O–H groups in total. The summed E-state index contributed by atoms with van der Waals surface area (Å²) in [6.07, 6.45) is 20.0. The van der Waals surface area contributed by atoms with E-state index in [0.29, 0.717) is 0 Å². The number of rotatable bonds is 14. The molecule has 1 aliphatic carbocycles. The average molecular weight is 491 g/mol. The highest BCUT2D eigenvalue weighted by atomic mass is 16.3. The lowest BCUT2D eigenvalue weighted by atomic mass is 9.91. The first-order chi connectivity index (χ1) is 17.6. The van der Waals surface area contributed by atoms with Gasteiger partial charge >= 0.3 is 0 Å². The molecule has 196 valence electrons. The van der Waals surface area contributed by atoms with Crippen molar-refractivity contribution in [2.45, 2.75) is 116 Å². The second-order valence-electron chi connectivity index (χ2n) is 10.4. The average Bonchev–Trinajstić information content (AvgIpc) is 2.90. The molecular weight excluding hydrogens is 444 g/mol. The van der Waals surface area contributed by atoms with Crippen molar-refractivity contribution in [1.29, 1.82) is 0 Å². The van der Waals surface area contributed by atoms with Crippen LogP contribution in [-0.2, 0) is 12.8 Å². The van der Waals surface area contributed by atoms with Gasteiger partial charge in [0.05, 0.1) is 12.1 Å². The Kier molecular flexibility index (Phi) is 12.0. The first kappa shape index (κ1) is 28.0. The normalized spacial score (nSPS) is 18.4. The zero-order valence-corrected chi connectivity index (χ0v) is 22.5. The van der Waals surface area contributed by atoms with Gasteiger partial charge < -0.3 is 10.2 Å². The van der Waals surface area contributed by atoms with E-state index in [2.05, 4.69) is 26.0 Å². The minimum Gasteiger partial charge on any atom is -0.507 e. The molecule has 0 radical (unpaired) electrons. The summed E-state index contributed by atoms with van der Waals surface area (Å²) in [6, 6.07) is 12.0. The van der Waals surface area contributed by atoms with Crippen molar-refractivity contribution in [2.24, 2.45) is 9.98 Å². The maximum atomic E-state index is 10.4. The quantitative estimate of drug-likeness (QED) is 0.207. The molecule has 1 saturated carbocycles. The molecule has 0 unspecified atom stereocenters. The number of hydrogen-bond acceptors (Lipinski definition) is 4. The zero-order valence-electron chi connectivity index (χ0n) is 22.5. The predicted molar refractivity (Wildman–Crippen MR) is 153 cm³/mol. The van der Waals surface area contributed by atoms with Crippen LogP contribution in [0.15, 0.2) is 46.4 Å². The number of unbranched alkanes of at least 4 members (excludes halogenated alkanes) is 6. The van der Waals surface area contributed by atoms with Crippen LogP contribution in [0.3, 0.4) is 0 Å². The van der Waals surface area contributed by atoms with Crippen molar-refractivity contribution in [3.8, 4) is 11.5 Å². The third-order valence-electron chi connectivity index (χ3n) is 7.33. The lowest BCUT2D eigenvalue weighted by molar-refractivity contribution is 0.390. The van der Waals surface area contributed by atoms with E-state index in [1.165, 1.54) is 62.5 Å². The monoisotopic (exact) mass is 490 g/mol. The summed E-state index contributed by atoms with van der Waals surface area (Å²) < 4.78 is 0. The van der Waals surface area contributed by atoms with Crippen LogP contribution in [0, 0.1) is 0 Å². The van der Waals surface area contributed by atoms with Gasteiger partial charge in [-0.05, 0) is 73.9 Å². The lowest BCUT2D eigenvalue weighted by Gasteiger charge is -2.25. The highest BCUT2D eigenvalue weighted by Crippen LogP contribution is 2.26. The first-order valence-corrected chi connectivity index (χ1v) is 14.3. The van der Waals surface area contributed by atoms with Gasteiger partial charge in [-0.3, -0.25) is 9.98 Å². The second-order valence-corrected chi connectivity index (χ2v) is 10.4. The first-order valence-electron chi connectivity index (χ1n) is 14.3. The summed E-state index contributed by atoms with van der Waals surface area (Å²) in [4.78, 5) is 9.79. The molecular formula is C32H46N2O2. The number of aromatic hydroxyl groups is 2. The Morgan fingerprint density at radius 2 is 1.11 bits per heavy atom. The van der Waals surface area contributed by atoms with Crippen LogP contribution in [0.1, 0.15) is 113 Å². The van der Waals surface area contributed by atoms with Gasteiger partial charge in [-0.1, -0.05) is 77.3 Å². The minimum absolute atomic E-state index is 0.0991. The van der Waals surface area contributed by atoms with Gasteiger partial charge in [0.15, 0.2) is 0 Å². The largest absolute Gasteiger partial charge is 0.507 e. The van der Waals surface area contributed by atoms with Crippen molar-refractivity contribution in [2.75, 3.05) is 0 Å². The molecule has 4 heteroatoms. The maximum Gasteiger partial charge on any atom is 0.124 e. The van der Waals surface area contributed by atoms with E-state index in [0.717, 1.165) is 49.7 Å². The van der Waals surface area contributed by atoms with Gasteiger partial charge in [-0.15, -0.1) is 0 Å². The van der Waals surface area contributed by atoms with E-state index >= 15 is 0 Å². The standard InChI is InChI=1S/C32H46N2O2/c1-3-5-7-9-13-25-17-19-31(35)27(21-25)23-33-29-15-11-12-16-30(29)34-24-28-22-26(18-20-32(28)36)14-10-8-6-4-2/h17-24,29-30,35-36H,3-16H2,1-2H3/t29-,30+. The molecule has 0 aliphatic heterocycles. The number of aliphatic imine (C=N–C) groups is 2. The molecule has 4 nitrogen and oxygen atoms in total. The summed E-state index contributed by atoms with van der Waals surface area (Å²) in [7, 11) is 0. The number of nitrogens with zero attached hydrogens (tertiary/aromatic N) is 2. The maximum absolute atomic E-state index is 10.4. The van der Waals surface area contributed by atoms with E-state index in [-0.39, 0.29) is 23.6 Å². The van der Waals surface area contributed by atoms with Crippen molar-refractivity contribution in [3.05, 3.63) is 58.7 Å². The number of phenolic OH excluding ortho intramolecular Hbond substituents is 2. The molecule has 1 aliphatic rings. The smallest absolute Gasteiger partial charge is 0.124 e. The summed E-state index contributed by atoms with van der Waals surface area (Å²) in [6.45, 7) is 4.46. The van der Waals surface area contributed by atoms with Gasteiger partial charge in [0.25, 0.3) is 0 Å². The third kappa shape index (κ3) is 9.11. The van der Waals surface area contributed by atoms with Crippen molar-refractivity contribution in [3.63, 3.8) is 0 Å². The van der Waals surface area contributed by atoms with Gasteiger partial charge in [-0.2, -0.15) is 0 Å². The van der Waals surface area contributed by atoms with Crippen molar-refractivity contribution >= 4 is 12.4 Å². The minimum atomic E-state index is 0.0991. The highest BCUT2D eigenvalue weighted by molar-refractivity contribution is 5.84. The molecule has 0 saturated heterocycles. The third-order valence-corrected chi connectivity index (χ3v) is 7.33. The van der Waals surface area contributed by atoms with Gasteiger partial charge in [-0.25, -0.2) is 0 Å². The molecule has 0 bridgehead atoms. The fourth-order valence-electron chi connectivity index (χ4n) is 5.03. The summed E-state index contributed by atoms with van der Waals surface area (Å²) >= 11 is 0. The number of aryl methyl sites for hydroxylation is 2. The Hall–Kier alpha value is -2.62. The molecule has 0 heterocycles. The summed E-state index contributed by atoms with van der Waals surface area (Å²) in [5.41, 5.74) is 4.11. The zero-order chi connectivity index (χ0) is 25.6. The van der Waals surface area contributed by atoms with E-state index in [9.17, 15) is 10.2 Å². The summed E-state index contributed by atoms with van der Waals surface area (Å²) in [5, 5.41) is 20.8. The SMILES string of the molecule is CCCCCCc1ccc(O)c(C=N[C@H]2CCCC[C@H]2N=Cc2cc(CCCCCC)ccc2O)c1. The van der Waals surface area contributed by atoms with Crippen LogP contribution in [0.25, 0.3) is 0 Å². The van der Waals surface area contributed by atoms with Crippen LogP contribution in [0.4, 0.5) is 0 Å². The fourth-order valence-corrected chi connectivity index (χ4v) is 5.03. The number of benzene rings is 2. The van der Waals surface area contributed by atoms with Gasteiger partial charge in [0, 0.05) is 23.6 Å². The van der Waals surface area contributed by atoms with E-state index in [1.54, 1.807) is 12.1 Å². The Bertz CT molecular complexity index is 903. The number of hydrogen-bond donors (Lipinski definition) is 2. The van der Waals surface area contributed by atoms with Gasteiger partial charge in [0.2, 0.25) is 0 Å². The molecule has 0 amide bonds. The van der Waals surface area contributed by atoms with Crippen molar-refractivity contribution in [1.82, 2.24) is 0 Å². The molecule has 0 spiro atoms. The Labute approximate surface area is 218 Å². The summed E-state index contributed by atoms with van der Waals surface area (Å²) in [5.74, 6) is 0.570. The van der Waals surface area contributed by atoms with Crippen LogP contribution in [0.5, 0.6) is 11.5 Å². The van der Waals surface area contributed by atoms with Crippen LogP contribution >= 0.6 is 0 Å². The highest BCUT2D eigenvalue weighted by Gasteiger charge is 2.23. The van der Waals surface area contributed by atoms with E-state index in [1.807, 2.05) is 24.6 Å². The van der Waals surface area contributed by atoms with Crippen molar-refractivity contribution < 1.29 is 10.2 Å².